The highest BCUT2D eigenvalue weighted by Gasteiger charge is 2.38. The Morgan fingerprint density at radius 1 is 1.08 bits per heavy atom. The average Bonchev–Trinajstić information content (AvgIpc) is 3.26. The zero-order valence-electron chi connectivity index (χ0n) is 20.7. The molecular weight excluding hydrogens is 558 g/mol. The standard InChI is InChI=1S/C25H27ClFN3OS.C2HF3O2/c26-24-19(23-18(25(29)31)7-4-8-21(23)27)13-22(32-24)20(15-5-2-1-3-6-15)14-30-17-11-9-16(28)10-12-17;3-2(4,5)1(6)7/h1-8,13,16-17,20,30H,9-12,14,28H2,(H2,29,31);(H,6,7). The number of benzene rings is 2. The number of alkyl halides is 3. The Morgan fingerprint density at radius 2 is 1.69 bits per heavy atom. The van der Waals surface area contributed by atoms with Crippen molar-refractivity contribution < 1.29 is 32.3 Å². The van der Waals surface area contributed by atoms with Gasteiger partial charge in [-0.25, -0.2) is 9.18 Å². The molecule has 0 spiro atoms. The van der Waals surface area contributed by atoms with Crippen LogP contribution in [0.2, 0.25) is 4.34 Å². The minimum absolute atomic E-state index is 0.0480. The SMILES string of the molecule is NC(=O)c1cccc(F)c1-c1cc(C(CNC2CCC(N)CC2)c2ccccc2)sc1Cl.O=C(O)C(F)(F)F. The second-order valence-electron chi connectivity index (χ2n) is 9.15. The number of carboxylic acid groups (broad SMARTS) is 1. The molecule has 4 rings (SSSR count). The summed E-state index contributed by atoms with van der Waals surface area (Å²) >= 11 is 8.00. The molecule has 1 amide bonds. The van der Waals surface area contributed by atoms with Crippen molar-refractivity contribution in [2.45, 2.75) is 49.9 Å². The quantitative estimate of drug-likeness (QED) is 0.256. The number of carboxylic acids is 1. The summed E-state index contributed by atoms with van der Waals surface area (Å²) < 4.78 is 46.9. The van der Waals surface area contributed by atoms with E-state index in [2.05, 4.69) is 17.4 Å². The van der Waals surface area contributed by atoms with E-state index >= 15 is 0 Å². The number of halogens is 5. The molecule has 1 fully saturated rings. The van der Waals surface area contributed by atoms with E-state index in [1.807, 2.05) is 24.3 Å². The third-order valence-electron chi connectivity index (χ3n) is 6.42. The maximum absolute atomic E-state index is 14.7. The van der Waals surface area contributed by atoms with Gasteiger partial charge in [-0.3, -0.25) is 4.79 Å². The molecule has 210 valence electrons. The van der Waals surface area contributed by atoms with Crippen molar-refractivity contribution in [1.82, 2.24) is 5.32 Å². The number of nitrogens with two attached hydrogens (primary N) is 2. The van der Waals surface area contributed by atoms with Crippen molar-refractivity contribution in [3.05, 3.63) is 80.8 Å². The molecule has 1 saturated carbocycles. The lowest BCUT2D eigenvalue weighted by Crippen LogP contribution is -2.39. The summed E-state index contributed by atoms with van der Waals surface area (Å²) in [7, 11) is 0. The number of carbonyl (C=O) groups excluding carboxylic acids is 1. The van der Waals surface area contributed by atoms with Crippen molar-refractivity contribution in [2.24, 2.45) is 11.5 Å². The van der Waals surface area contributed by atoms with Crippen LogP contribution in [-0.4, -0.2) is 41.8 Å². The fraction of sp³-hybridized carbons (Fsp3) is 0.333. The summed E-state index contributed by atoms with van der Waals surface area (Å²) in [4.78, 5) is 21.8. The van der Waals surface area contributed by atoms with Crippen molar-refractivity contribution >= 4 is 34.8 Å². The number of carbonyl (C=O) groups is 2. The molecule has 1 aromatic heterocycles. The minimum atomic E-state index is -5.08. The van der Waals surface area contributed by atoms with E-state index in [0.29, 0.717) is 22.0 Å². The van der Waals surface area contributed by atoms with Crippen LogP contribution in [0.15, 0.2) is 54.6 Å². The fourth-order valence-electron chi connectivity index (χ4n) is 4.41. The first-order chi connectivity index (χ1) is 18.4. The molecule has 6 N–H and O–H groups in total. The highest BCUT2D eigenvalue weighted by molar-refractivity contribution is 7.17. The monoisotopic (exact) mass is 585 g/mol. The van der Waals surface area contributed by atoms with E-state index in [9.17, 15) is 22.4 Å². The van der Waals surface area contributed by atoms with E-state index in [0.717, 1.165) is 42.7 Å². The first-order valence-corrected chi connectivity index (χ1v) is 13.3. The Balaban J connectivity index is 0.000000532. The van der Waals surface area contributed by atoms with Crippen LogP contribution in [0.5, 0.6) is 0 Å². The summed E-state index contributed by atoms with van der Waals surface area (Å²) in [5.41, 5.74) is 13.5. The number of nitrogens with one attached hydrogen (secondary N) is 1. The van der Waals surface area contributed by atoms with E-state index in [4.69, 9.17) is 33.0 Å². The smallest absolute Gasteiger partial charge is 0.475 e. The number of hydrogen-bond donors (Lipinski definition) is 4. The first-order valence-electron chi connectivity index (χ1n) is 12.1. The molecular formula is C27H28ClF4N3O3S. The molecule has 1 aliphatic rings. The number of thiophene rings is 1. The van der Waals surface area contributed by atoms with Crippen LogP contribution in [0.4, 0.5) is 17.6 Å². The van der Waals surface area contributed by atoms with Gasteiger partial charge in [0.05, 0.1) is 0 Å². The highest BCUT2D eigenvalue weighted by Crippen LogP contribution is 2.42. The van der Waals surface area contributed by atoms with Crippen molar-refractivity contribution in [3.8, 4) is 11.1 Å². The van der Waals surface area contributed by atoms with Gasteiger partial charge in [0.15, 0.2) is 0 Å². The van der Waals surface area contributed by atoms with E-state index in [1.54, 1.807) is 0 Å². The van der Waals surface area contributed by atoms with E-state index in [-0.39, 0.29) is 17.0 Å². The van der Waals surface area contributed by atoms with E-state index < -0.39 is 23.9 Å². The summed E-state index contributed by atoms with van der Waals surface area (Å²) in [6.45, 7) is 0.736. The van der Waals surface area contributed by atoms with Crippen LogP contribution < -0.4 is 16.8 Å². The highest BCUT2D eigenvalue weighted by atomic mass is 35.5. The third-order valence-corrected chi connectivity index (χ3v) is 7.90. The predicted octanol–water partition coefficient (Wildman–Crippen LogP) is 5.93. The molecule has 0 radical (unpaired) electrons. The number of aliphatic carboxylic acids is 1. The Morgan fingerprint density at radius 3 is 2.26 bits per heavy atom. The van der Waals surface area contributed by atoms with Gasteiger partial charge in [-0.1, -0.05) is 48.0 Å². The zero-order valence-corrected chi connectivity index (χ0v) is 22.3. The zero-order chi connectivity index (χ0) is 28.7. The normalized spacial score (nSPS) is 18.1. The van der Waals surface area contributed by atoms with Gasteiger partial charge in [0.2, 0.25) is 5.91 Å². The van der Waals surface area contributed by atoms with Crippen LogP contribution in [-0.2, 0) is 4.79 Å². The molecule has 1 heterocycles. The second-order valence-corrected chi connectivity index (χ2v) is 10.8. The van der Waals surface area contributed by atoms with Crippen LogP contribution >= 0.6 is 22.9 Å². The van der Waals surface area contributed by atoms with Gasteiger partial charge in [-0.15, -0.1) is 11.3 Å². The lowest BCUT2D eigenvalue weighted by Gasteiger charge is -2.28. The Kier molecular flexibility index (Phi) is 10.5. The van der Waals surface area contributed by atoms with Crippen molar-refractivity contribution in [2.75, 3.05) is 6.54 Å². The summed E-state index contributed by atoms with van der Waals surface area (Å²) in [5.74, 6) is -3.90. The van der Waals surface area contributed by atoms with Crippen LogP contribution in [0.1, 0.15) is 52.4 Å². The molecule has 2 aromatic carbocycles. The molecule has 12 heteroatoms. The topological polar surface area (TPSA) is 118 Å². The molecule has 0 saturated heterocycles. The third kappa shape index (κ3) is 8.25. The van der Waals surface area contributed by atoms with Crippen LogP contribution in [0, 0.1) is 5.82 Å². The van der Waals surface area contributed by atoms with Crippen LogP contribution in [0.3, 0.4) is 0 Å². The molecule has 1 atom stereocenters. The molecule has 3 aromatic rings. The molecule has 0 bridgehead atoms. The van der Waals surface area contributed by atoms with Gasteiger partial charge in [-0.05, 0) is 49.4 Å². The van der Waals surface area contributed by atoms with Gasteiger partial charge < -0.3 is 21.9 Å². The first kappa shape index (κ1) is 30.6. The number of hydrogen-bond acceptors (Lipinski definition) is 5. The fourth-order valence-corrected chi connectivity index (χ4v) is 5.84. The predicted molar refractivity (Wildman–Crippen MR) is 143 cm³/mol. The number of amides is 1. The Labute approximate surface area is 232 Å². The molecule has 1 unspecified atom stereocenters. The van der Waals surface area contributed by atoms with Gasteiger partial charge in [0, 0.05) is 46.1 Å². The molecule has 6 nitrogen and oxygen atoms in total. The van der Waals surface area contributed by atoms with Crippen LogP contribution in [0.25, 0.3) is 11.1 Å². The average molecular weight is 586 g/mol. The van der Waals surface area contributed by atoms with Crippen molar-refractivity contribution in [1.29, 1.82) is 0 Å². The Bertz CT molecular complexity index is 1280. The summed E-state index contributed by atoms with van der Waals surface area (Å²) in [6.07, 6.45) is -0.885. The summed E-state index contributed by atoms with van der Waals surface area (Å²) in [6, 6.07) is 17.2. The molecule has 0 aliphatic heterocycles. The van der Waals surface area contributed by atoms with Crippen molar-refractivity contribution in [3.63, 3.8) is 0 Å². The van der Waals surface area contributed by atoms with Gasteiger partial charge in [0.1, 0.15) is 10.2 Å². The maximum Gasteiger partial charge on any atom is 0.490 e. The lowest BCUT2D eigenvalue weighted by atomic mass is 9.90. The molecule has 1 aliphatic carbocycles. The van der Waals surface area contributed by atoms with Gasteiger partial charge >= 0.3 is 12.1 Å². The van der Waals surface area contributed by atoms with Gasteiger partial charge in [-0.2, -0.15) is 13.2 Å². The Hall–Kier alpha value is -2.99. The largest absolute Gasteiger partial charge is 0.490 e. The molecule has 39 heavy (non-hydrogen) atoms. The summed E-state index contributed by atoms with van der Waals surface area (Å²) in [5, 5.41) is 10.8. The second kappa shape index (κ2) is 13.4. The maximum atomic E-state index is 14.7. The van der Waals surface area contributed by atoms with Gasteiger partial charge in [0.25, 0.3) is 0 Å². The minimum Gasteiger partial charge on any atom is -0.475 e. The lowest BCUT2D eigenvalue weighted by molar-refractivity contribution is -0.192. The number of primary amides is 1. The van der Waals surface area contributed by atoms with E-state index in [1.165, 1.54) is 29.5 Å². The number of rotatable bonds is 7.